The minimum atomic E-state index is -1.63. The zero-order valence-corrected chi connectivity index (χ0v) is 79.1. The topological polar surface area (TPSA) is 261 Å². The highest BCUT2D eigenvalue weighted by molar-refractivity contribution is 5.96. The largest absolute Gasteiger partial charge is 0.507 e. The van der Waals surface area contributed by atoms with Gasteiger partial charge in [-0.15, -0.1) is 0 Å². The van der Waals surface area contributed by atoms with Crippen molar-refractivity contribution < 1.29 is 40.9 Å². The van der Waals surface area contributed by atoms with Gasteiger partial charge in [0.25, 0.3) is 0 Å². The van der Waals surface area contributed by atoms with Gasteiger partial charge in [-0.05, 0) is 209 Å². The number of phenols is 8. The van der Waals surface area contributed by atoms with E-state index in [-0.39, 0.29) is 89.9 Å². The molecule has 16 heteroatoms. The fourth-order valence-electron chi connectivity index (χ4n) is 15.4. The van der Waals surface area contributed by atoms with Gasteiger partial charge in [-0.3, -0.25) is 39.9 Å². The molecular weight excluding hydrogens is 1600 g/mol. The molecule has 12 aromatic rings. The van der Waals surface area contributed by atoms with Crippen molar-refractivity contribution in [3.63, 3.8) is 0 Å². The Morgan fingerprint density at radius 2 is 0.318 bits per heavy atom. The Morgan fingerprint density at radius 3 is 0.465 bits per heavy atom. The first-order valence-electron chi connectivity index (χ1n) is 43.8. The van der Waals surface area contributed by atoms with Gasteiger partial charge in [-0.1, -0.05) is 263 Å². The molecule has 0 unspecified atom stereocenters. The highest BCUT2D eigenvalue weighted by Crippen LogP contribution is 2.51. The van der Waals surface area contributed by atoms with Gasteiger partial charge in [-0.2, -0.15) is 0 Å². The zero-order valence-electron chi connectivity index (χ0n) is 79.1. The summed E-state index contributed by atoms with van der Waals surface area (Å²) in [4.78, 5) is 40.3. The Bertz CT molecular complexity index is 5710. The summed E-state index contributed by atoms with van der Waals surface area (Å²) < 4.78 is 0. The van der Waals surface area contributed by atoms with Crippen LogP contribution in [-0.4, -0.2) is 90.6 Å². The standard InChI is InChI=1S/C113H124N8O8/c1-105(2,3)81-53-73(101(126)85(57-81)109(13,14)15)65-118-93-37-29-25-33-89(93)114-61-69-49-77(41-45-97(69)122)113(78-42-46-98(123)70(50-78)62-115-90-34-26-30-38-94(90)119-66-74-54-82(106(4,5)6)58-86(102(74)127)110(16,17)18,79-43-47-99(124)71(51-79)63-116-91-35-27-31-39-95(91)120-67-75-55-83(107(7,8)9)59-87(103(75)128)111(19,20)21)80-44-48-100(125)72(52-80)64-117-92-36-28-32-40-96(92)121-68-76-56-84(108(10,11)12)60-88(104(76)129)112(22,23)24/h25-68,122-129H,1-24H3. The van der Waals surface area contributed by atoms with Crippen LogP contribution in [0.1, 0.15) is 277 Å². The smallest absolute Gasteiger partial charge is 0.128 e. The molecule has 12 aromatic carbocycles. The number of rotatable bonds is 20. The summed E-state index contributed by atoms with van der Waals surface area (Å²) >= 11 is 0. The van der Waals surface area contributed by atoms with Gasteiger partial charge in [0.15, 0.2) is 0 Å². The summed E-state index contributed by atoms with van der Waals surface area (Å²) in [5.41, 5.74) is 12.1. The number of para-hydroxylation sites is 8. The summed E-state index contributed by atoms with van der Waals surface area (Å²) in [7, 11) is 0. The van der Waals surface area contributed by atoms with Crippen LogP contribution < -0.4 is 0 Å². The molecule has 0 saturated carbocycles. The monoisotopic (exact) mass is 1720 g/mol. The number of hydrogen-bond donors (Lipinski definition) is 8. The van der Waals surface area contributed by atoms with E-state index < -0.39 is 27.1 Å². The fraction of sp³-hybridized carbons (Fsp3) is 0.292. The molecule has 0 aromatic heterocycles. The highest BCUT2D eigenvalue weighted by atomic mass is 16.3. The molecule has 0 saturated heterocycles. The van der Waals surface area contributed by atoms with Crippen LogP contribution >= 0.6 is 0 Å². The van der Waals surface area contributed by atoms with E-state index in [4.69, 9.17) is 39.9 Å². The van der Waals surface area contributed by atoms with Crippen molar-refractivity contribution in [2.24, 2.45) is 39.9 Å². The quantitative estimate of drug-likeness (QED) is 0.0268. The maximum Gasteiger partial charge on any atom is 0.128 e. The number of hydrogen-bond acceptors (Lipinski definition) is 16. The summed E-state index contributed by atoms with van der Waals surface area (Å²) in [6.45, 7) is 50.4. The van der Waals surface area contributed by atoms with E-state index in [1.807, 2.05) is 146 Å². The Labute approximate surface area is 762 Å². The van der Waals surface area contributed by atoms with E-state index in [1.54, 1.807) is 98.2 Å². The second kappa shape index (κ2) is 36.6. The van der Waals surface area contributed by atoms with Crippen LogP contribution in [0.3, 0.4) is 0 Å². The SMILES string of the molecule is CC(C)(C)c1cc(C=Nc2ccccc2N=Cc2cc(C(c3ccc(O)c(C=Nc4ccccc4N=Cc4cc(C(C)(C)C)cc(C(C)(C)C)c4O)c3)(c3ccc(O)c(C=Nc4ccccc4N=Cc4cc(C(C)(C)C)cc(C(C)(C)C)c4O)c3)c3ccc(O)c(C=Nc4ccccc4N=Cc4cc(C(C)(C)C)cc(C(C)(C)C)c4O)c3)ccc2O)c(O)c(C(C)(C)C)c1. The van der Waals surface area contributed by atoms with Crippen molar-refractivity contribution in [2.75, 3.05) is 0 Å². The van der Waals surface area contributed by atoms with Gasteiger partial charge in [0.1, 0.15) is 46.0 Å². The Morgan fingerprint density at radius 1 is 0.171 bits per heavy atom. The van der Waals surface area contributed by atoms with E-state index >= 15 is 0 Å². The first-order valence-corrected chi connectivity index (χ1v) is 43.8. The van der Waals surface area contributed by atoms with E-state index in [2.05, 4.69) is 190 Å². The maximum atomic E-state index is 12.4. The average Bonchev–Trinajstić information content (AvgIpc) is 0.719. The van der Waals surface area contributed by atoms with Crippen LogP contribution in [0.15, 0.2) is 258 Å². The second-order valence-electron chi connectivity index (χ2n) is 41.7. The van der Waals surface area contributed by atoms with Crippen molar-refractivity contribution in [3.8, 4) is 46.0 Å². The lowest BCUT2D eigenvalue weighted by Crippen LogP contribution is -2.31. The summed E-state index contributed by atoms with van der Waals surface area (Å²) in [6.07, 6.45) is 12.9. The minimum Gasteiger partial charge on any atom is -0.507 e. The van der Waals surface area contributed by atoms with Crippen LogP contribution in [0.2, 0.25) is 0 Å². The molecule has 8 N–H and O–H groups in total. The molecule has 0 aliphatic heterocycles. The molecule has 12 rings (SSSR count). The molecule has 0 aliphatic rings. The predicted molar refractivity (Wildman–Crippen MR) is 537 cm³/mol. The highest BCUT2D eigenvalue weighted by Gasteiger charge is 2.41. The average molecular weight is 1720 g/mol. The number of nitrogens with zero attached hydrogens (tertiary/aromatic N) is 8. The van der Waals surface area contributed by atoms with Crippen molar-refractivity contribution in [2.45, 2.75) is 215 Å². The van der Waals surface area contributed by atoms with Gasteiger partial charge in [0.2, 0.25) is 0 Å². The van der Waals surface area contributed by atoms with Gasteiger partial charge in [0, 0.05) is 116 Å². The normalized spacial score (nSPS) is 13.6. The van der Waals surface area contributed by atoms with Crippen molar-refractivity contribution in [3.05, 3.63) is 330 Å². The van der Waals surface area contributed by atoms with E-state index in [9.17, 15) is 40.9 Å². The number of aliphatic imine (C=N–C) groups is 8. The maximum absolute atomic E-state index is 12.4. The van der Waals surface area contributed by atoms with Gasteiger partial charge in [-0.25, -0.2) is 0 Å². The van der Waals surface area contributed by atoms with Crippen LogP contribution in [0.4, 0.5) is 45.5 Å². The first-order chi connectivity index (χ1) is 60.3. The molecule has 129 heavy (non-hydrogen) atoms. The molecule has 0 radical (unpaired) electrons. The lowest BCUT2D eigenvalue weighted by molar-refractivity contribution is 0.443. The second-order valence-corrected chi connectivity index (χ2v) is 41.7. The molecule has 0 spiro atoms. The number of benzene rings is 12. The Balaban J connectivity index is 1.09. The molecule has 0 fully saturated rings. The van der Waals surface area contributed by atoms with Crippen LogP contribution in [0.5, 0.6) is 46.0 Å². The number of aromatic hydroxyl groups is 8. The molecule has 664 valence electrons. The lowest BCUT2D eigenvalue weighted by Gasteiger charge is -2.38. The Hall–Kier alpha value is -13.6. The van der Waals surface area contributed by atoms with Crippen molar-refractivity contribution >= 4 is 95.2 Å². The van der Waals surface area contributed by atoms with Crippen LogP contribution in [0.25, 0.3) is 0 Å². The Kier molecular flexibility index (Phi) is 26.8. The summed E-state index contributed by atoms with van der Waals surface area (Å²) in [5, 5.41) is 97.3. The zero-order chi connectivity index (χ0) is 94.1. The molecule has 0 amide bonds. The molecule has 0 aliphatic carbocycles. The van der Waals surface area contributed by atoms with Gasteiger partial charge >= 0.3 is 0 Å². The molecule has 0 atom stereocenters. The lowest BCUT2D eigenvalue weighted by atomic mass is 9.64. The van der Waals surface area contributed by atoms with Crippen LogP contribution in [-0.2, 0) is 48.7 Å². The molecule has 0 bridgehead atoms. The summed E-state index contributed by atoms with van der Waals surface area (Å²) in [5.74, 6) is -0.0358. The third kappa shape index (κ3) is 21.6. The predicted octanol–water partition coefficient (Wildman–Crippen LogP) is 28.1. The van der Waals surface area contributed by atoms with Crippen LogP contribution in [0, 0.1) is 0 Å². The van der Waals surface area contributed by atoms with E-state index in [1.165, 1.54) is 0 Å². The minimum absolute atomic E-state index is 0.129. The van der Waals surface area contributed by atoms with Crippen molar-refractivity contribution in [1.82, 2.24) is 0 Å². The molecule has 16 nitrogen and oxygen atoms in total. The third-order valence-electron chi connectivity index (χ3n) is 23.4. The van der Waals surface area contributed by atoms with E-state index in [0.717, 1.165) is 44.5 Å². The van der Waals surface area contributed by atoms with Crippen molar-refractivity contribution in [1.29, 1.82) is 0 Å². The molecular formula is C113H124N8O8. The van der Waals surface area contributed by atoms with Gasteiger partial charge < -0.3 is 40.9 Å². The summed E-state index contributed by atoms with van der Waals surface area (Å²) in [6, 6.07) is 66.3. The number of phenolic OH excluding ortho intramolecular Hbond substituents is 8. The first kappa shape index (κ1) is 94.5. The van der Waals surface area contributed by atoms with E-state index in [0.29, 0.717) is 90.0 Å². The molecule has 0 heterocycles. The van der Waals surface area contributed by atoms with Gasteiger partial charge in [0.05, 0.1) is 50.9 Å². The third-order valence-corrected chi connectivity index (χ3v) is 23.4. The fourth-order valence-corrected chi connectivity index (χ4v) is 15.4.